The number of nitrogens with zero attached hydrogens (tertiary/aromatic N) is 2. The first-order valence-corrected chi connectivity index (χ1v) is 6.15. The fourth-order valence-electron chi connectivity index (χ4n) is 2.57. The number of nitrogens with one attached hydrogen (secondary N) is 1. The van der Waals surface area contributed by atoms with Crippen LogP contribution in [0.5, 0.6) is 0 Å². The van der Waals surface area contributed by atoms with Crippen LogP contribution < -0.4 is 0 Å². The van der Waals surface area contributed by atoms with E-state index in [1.54, 1.807) is 6.33 Å². The molecule has 0 unspecified atom stereocenters. The van der Waals surface area contributed by atoms with Gasteiger partial charge in [-0.1, -0.05) is 0 Å². The minimum Gasteiger partial charge on any atom is -0.395 e. The van der Waals surface area contributed by atoms with Crippen LogP contribution in [-0.2, 0) is 12.8 Å². The van der Waals surface area contributed by atoms with E-state index >= 15 is 0 Å². The van der Waals surface area contributed by atoms with Crippen molar-refractivity contribution in [2.45, 2.75) is 12.8 Å². The largest absolute Gasteiger partial charge is 0.395 e. The Hall–Kier alpha value is -1.39. The second kappa shape index (κ2) is 4.47. The van der Waals surface area contributed by atoms with Gasteiger partial charge < -0.3 is 15.0 Å². The van der Waals surface area contributed by atoms with Crippen LogP contribution >= 0.6 is 0 Å². The summed E-state index contributed by atoms with van der Waals surface area (Å²) in [5.74, 6) is 0. The van der Waals surface area contributed by atoms with E-state index in [0.717, 1.165) is 43.5 Å². The third-order valence-electron chi connectivity index (χ3n) is 3.55. The monoisotopic (exact) mass is 231 g/mol. The molecule has 2 N–H and O–H groups in total. The Balaban J connectivity index is 1.90. The van der Waals surface area contributed by atoms with E-state index in [4.69, 9.17) is 5.11 Å². The first-order chi connectivity index (χ1) is 8.36. The molecule has 1 aromatic carbocycles. The SMILES string of the molecule is OCCN1CCc2cc3nc[nH]c3cc2CC1. The molecule has 0 bridgehead atoms. The highest BCUT2D eigenvalue weighted by Crippen LogP contribution is 2.21. The molecule has 4 nitrogen and oxygen atoms in total. The highest BCUT2D eigenvalue weighted by atomic mass is 16.3. The number of aliphatic hydroxyl groups excluding tert-OH is 1. The van der Waals surface area contributed by atoms with E-state index in [1.165, 1.54) is 11.1 Å². The number of aromatic nitrogens is 2. The molecule has 0 atom stereocenters. The van der Waals surface area contributed by atoms with Crippen LogP contribution in [0.3, 0.4) is 0 Å². The lowest BCUT2D eigenvalue weighted by atomic mass is 10.0. The summed E-state index contributed by atoms with van der Waals surface area (Å²) in [5, 5.41) is 8.99. The molecule has 90 valence electrons. The molecule has 1 aliphatic rings. The van der Waals surface area contributed by atoms with E-state index in [9.17, 15) is 0 Å². The molecule has 2 aromatic rings. The first kappa shape index (κ1) is 10.7. The van der Waals surface area contributed by atoms with Crippen molar-refractivity contribution in [1.29, 1.82) is 0 Å². The van der Waals surface area contributed by atoms with Gasteiger partial charge in [0.1, 0.15) is 0 Å². The molecule has 0 spiro atoms. The number of aromatic amines is 1. The average Bonchev–Trinajstić information content (AvgIpc) is 2.70. The number of benzene rings is 1. The molecular formula is C13H17N3O. The predicted octanol–water partition coefficient (Wildman–Crippen LogP) is 0.956. The van der Waals surface area contributed by atoms with Gasteiger partial charge in [0.15, 0.2) is 0 Å². The number of β-amino-alcohol motifs (C(OH)–C–C–N with tert-alkyl or cyclic N) is 1. The lowest BCUT2D eigenvalue weighted by molar-refractivity contribution is 0.201. The van der Waals surface area contributed by atoms with Crippen molar-refractivity contribution in [3.8, 4) is 0 Å². The fourth-order valence-corrected chi connectivity index (χ4v) is 2.57. The van der Waals surface area contributed by atoms with Crippen molar-refractivity contribution in [3.63, 3.8) is 0 Å². The molecule has 3 rings (SSSR count). The number of hydrogen-bond donors (Lipinski definition) is 2. The zero-order valence-corrected chi connectivity index (χ0v) is 9.82. The maximum atomic E-state index is 8.99. The second-order valence-corrected chi connectivity index (χ2v) is 4.61. The maximum absolute atomic E-state index is 8.99. The minimum atomic E-state index is 0.249. The Bertz CT molecular complexity index is 478. The number of rotatable bonds is 2. The Morgan fingerprint density at radius 3 is 2.76 bits per heavy atom. The van der Waals surface area contributed by atoms with Gasteiger partial charge >= 0.3 is 0 Å². The lowest BCUT2D eigenvalue weighted by Crippen LogP contribution is -2.29. The number of imidazole rings is 1. The van der Waals surface area contributed by atoms with Crippen LogP contribution in [-0.4, -0.2) is 46.2 Å². The van der Waals surface area contributed by atoms with Crippen molar-refractivity contribution in [2.75, 3.05) is 26.2 Å². The summed E-state index contributed by atoms with van der Waals surface area (Å²) in [7, 11) is 0. The number of hydrogen-bond acceptors (Lipinski definition) is 3. The van der Waals surface area contributed by atoms with Crippen LogP contribution in [0.25, 0.3) is 11.0 Å². The van der Waals surface area contributed by atoms with Gasteiger partial charge in [0.2, 0.25) is 0 Å². The highest BCUT2D eigenvalue weighted by molar-refractivity contribution is 5.76. The summed E-state index contributed by atoms with van der Waals surface area (Å²) >= 11 is 0. The molecule has 17 heavy (non-hydrogen) atoms. The molecule has 0 aliphatic carbocycles. The first-order valence-electron chi connectivity index (χ1n) is 6.15. The van der Waals surface area contributed by atoms with Gasteiger partial charge in [-0.2, -0.15) is 0 Å². The molecule has 1 aliphatic heterocycles. The van der Waals surface area contributed by atoms with Crippen molar-refractivity contribution < 1.29 is 5.11 Å². The van der Waals surface area contributed by atoms with E-state index < -0.39 is 0 Å². The summed E-state index contributed by atoms with van der Waals surface area (Å²) in [6.45, 7) is 3.10. The molecule has 0 amide bonds. The summed E-state index contributed by atoms with van der Waals surface area (Å²) in [5.41, 5.74) is 5.01. The molecule has 0 saturated heterocycles. The standard InChI is InChI=1S/C13H17N3O/c17-6-5-16-3-1-10-7-12-13(15-9-14-12)8-11(10)2-4-16/h7-9,17H,1-6H2,(H,14,15). The smallest absolute Gasteiger partial charge is 0.0931 e. The van der Waals surface area contributed by atoms with E-state index in [0.29, 0.717) is 0 Å². The highest BCUT2D eigenvalue weighted by Gasteiger charge is 2.14. The van der Waals surface area contributed by atoms with Crippen molar-refractivity contribution in [2.24, 2.45) is 0 Å². The van der Waals surface area contributed by atoms with Gasteiger partial charge in [-0.3, -0.25) is 0 Å². The maximum Gasteiger partial charge on any atom is 0.0931 e. The lowest BCUT2D eigenvalue weighted by Gasteiger charge is -2.17. The zero-order chi connectivity index (χ0) is 11.7. The molecule has 2 heterocycles. The van der Waals surface area contributed by atoms with Crippen LogP contribution in [0.15, 0.2) is 18.5 Å². The van der Waals surface area contributed by atoms with Gasteiger partial charge in [0.05, 0.1) is 24.0 Å². The minimum absolute atomic E-state index is 0.249. The van der Waals surface area contributed by atoms with Crippen LogP contribution in [0.1, 0.15) is 11.1 Å². The van der Waals surface area contributed by atoms with E-state index in [1.807, 2.05) is 0 Å². The van der Waals surface area contributed by atoms with Gasteiger partial charge in [-0.05, 0) is 36.1 Å². The van der Waals surface area contributed by atoms with Crippen molar-refractivity contribution >= 4 is 11.0 Å². The third-order valence-corrected chi connectivity index (χ3v) is 3.55. The summed E-state index contributed by atoms with van der Waals surface area (Å²) < 4.78 is 0. The van der Waals surface area contributed by atoms with E-state index in [-0.39, 0.29) is 6.61 Å². The van der Waals surface area contributed by atoms with Gasteiger partial charge in [0, 0.05) is 19.6 Å². The normalized spacial score (nSPS) is 17.0. The summed E-state index contributed by atoms with van der Waals surface area (Å²) in [6.07, 6.45) is 3.87. The second-order valence-electron chi connectivity index (χ2n) is 4.61. The quantitative estimate of drug-likeness (QED) is 0.809. The molecule has 0 saturated carbocycles. The van der Waals surface area contributed by atoms with Gasteiger partial charge in [0.25, 0.3) is 0 Å². The molecular weight excluding hydrogens is 214 g/mol. The average molecular weight is 231 g/mol. The predicted molar refractivity (Wildman–Crippen MR) is 67.0 cm³/mol. The van der Waals surface area contributed by atoms with Crippen molar-refractivity contribution in [3.05, 3.63) is 29.6 Å². The summed E-state index contributed by atoms with van der Waals surface area (Å²) in [6, 6.07) is 4.42. The van der Waals surface area contributed by atoms with Crippen LogP contribution in [0, 0.1) is 0 Å². The summed E-state index contributed by atoms with van der Waals surface area (Å²) in [4.78, 5) is 9.79. The van der Waals surface area contributed by atoms with Gasteiger partial charge in [-0.25, -0.2) is 4.98 Å². The van der Waals surface area contributed by atoms with Crippen molar-refractivity contribution in [1.82, 2.24) is 14.9 Å². The topological polar surface area (TPSA) is 52.1 Å². The number of H-pyrrole nitrogens is 1. The molecule has 1 aromatic heterocycles. The Morgan fingerprint density at radius 1 is 1.24 bits per heavy atom. The Labute approximate surface area is 100 Å². The van der Waals surface area contributed by atoms with Gasteiger partial charge in [-0.15, -0.1) is 0 Å². The third kappa shape index (κ3) is 2.06. The Morgan fingerprint density at radius 2 is 2.00 bits per heavy atom. The Kier molecular flexibility index (Phi) is 2.82. The molecule has 0 fully saturated rings. The fraction of sp³-hybridized carbons (Fsp3) is 0.462. The number of fused-ring (bicyclic) bond motifs is 2. The van der Waals surface area contributed by atoms with Crippen LogP contribution in [0.4, 0.5) is 0 Å². The molecule has 0 radical (unpaired) electrons. The zero-order valence-electron chi connectivity index (χ0n) is 9.82. The number of aliphatic hydroxyl groups is 1. The van der Waals surface area contributed by atoms with E-state index in [2.05, 4.69) is 27.0 Å². The molecule has 4 heteroatoms. The van der Waals surface area contributed by atoms with Crippen LogP contribution in [0.2, 0.25) is 0 Å².